The first-order chi connectivity index (χ1) is 9.50. The fourth-order valence-corrected chi connectivity index (χ4v) is 3.98. The second-order valence-corrected chi connectivity index (χ2v) is 6.19. The van der Waals surface area contributed by atoms with Gasteiger partial charge in [0.25, 0.3) is 0 Å². The minimum absolute atomic E-state index is 0. The number of nitrogens with zero attached hydrogens (tertiary/aromatic N) is 3. The van der Waals surface area contributed by atoms with Crippen molar-refractivity contribution in [2.24, 2.45) is 12.5 Å². The normalized spacial score (nSPS) is 29.0. The zero-order valence-electron chi connectivity index (χ0n) is 12.0. The number of fused-ring (bicyclic) bond motifs is 1. The first kappa shape index (κ1) is 15.2. The van der Waals surface area contributed by atoms with Crippen molar-refractivity contribution in [3.8, 4) is 6.07 Å². The molecule has 0 atom stereocenters. The van der Waals surface area contributed by atoms with Crippen LogP contribution in [0.3, 0.4) is 0 Å². The summed E-state index contributed by atoms with van der Waals surface area (Å²) in [5, 5.41) is 20.0. The van der Waals surface area contributed by atoms with Crippen molar-refractivity contribution >= 4 is 17.0 Å². The standard InChI is InChI=1S/C15H13N3O2.K/c1-18-11-4-9(5-16)2-3-10(11)17-12(18)14-6-15(7-14,8-14)13(19)20;/h2-4H,6-8H2,1H3,(H,19,20);/q;+1/p-1. The smallest absolute Gasteiger partial charge is 0.550 e. The Kier molecular flexibility index (Phi) is 3.36. The molecule has 3 aliphatic rings. The van der Waals surface area contributed by atoms with Crippen molar-refractivity contribution in [2.75, 3.05) is 0 Å². The van der Waals surface area contributed by atoms with Crippen molar-refractivity contribution in [3.05, 3.63) is 29.6 Å². The molecule has 0 unspecified atom stereocenters. The molecule has 0 N–H and O–H groups in total. The van der Waals surface area contributed by atoms with Gasteiger partial charge in [0.2, 0.25) is 0 Å². The Morgan fingerprint density at radius 2 is 2.10 bits per heavy atom. The van der Waals surface area contributed by atoms with Crippen molar-refractivity contribution in [3.63, 3.8) is 0 Å². The number of nitriles is 1. The Morgan fingerprint density at radius 3 is 2.67 bits per heavy atom. The Labute approximate surface area is 164 Å². The molecule has 3 fully saturated rings. The van der Waals surface area contributed by atoms with E-state index in [9.17, 15) is 9.90 Å². The second-order valence-electron chi connectivity index (χ2n) is 6.19. The summed E-state index contributed by atoms with van der Waals surface area (Å²) in [6.45, 7) is 0. The van der Waals surface area contributed by atoms with Crippen LogP contribution in [0.4, 0.5) is 0 Å². The zero-order chi connectivity index (χ0) is 14.1. The van der Waals surface area contributed by atoms with E-state index in [1.807, 2.05) is 23.7 Å². The third-order valence-corrected chi connectivity index (χ3v) is 4.95. The molecule has 0 radical (unpaired) electrons. The summed E-state index contributed by atoms with van der Waals surface area (Å²) in [5.41, 5.74) is 1.69. The van der Waals surface area contributed by atoms with E-state index >= 15 is 0 Å². The van der Waals surface area contributed by atoms with Crippen LogP contribution in [-0.4, -0.2) is 15.5 Å². The van der Waals surface area contributed by atoms with Gasteiger partial charge in [0.1, 0.15) is 5.82 Å². The van der Waals surface area contributed by atoms with E-state index in [1.54, 1.807) is 6.07 Å². The summed E-state index contributed by atoms with van der Waals surface area (Å²) in [6, 6.07) is 7.55. The number of hydrogen-bond donors (Lipinski definition) is 0. The number of carboxylic acids is 1. The van der Waals surface area contributed by atoms with Gasteiger partial charge >= 0.3 is 51.4 Å². The molecule has 1 heterocycles. The molecule has 6 heteroatoms. The summed E-state index contributed by atoms with van der Waals surface area (Å²) in [5.74, 6) is 0.00983. The molecule has 5 rings (SSSR count). The van der Waals surface area contributed by atoms with Gasteiger partial charge in [0.15, 0.2) is 0 Å². The largest absolute Gasteiger partial charge is 1.00 e. The number of aromatic nitrogens is 2. The van der Waals surface area contributed by atoms with Crippen LogP contribution in [0, 0.1) is 16.7 Å². The molecule has 3 aliphatic carbocycles. The number of benzene rings is 1. The molecular weight excluding hydrogens is 293 g/mol. The molecule has 2 bridgehead atoms. The number of rotatable bonds is 2. The maximum absolute atomic E-state index is 11.1. The minimum Gasteiger partial charge on any atom is -0.550 e. The van der Waals surface area contributed by atoms with Gasteiger partial charge in [-0.1, -0.05) is 0 Å². The average molecular weight is 305 g/mol. The number of aliphatic carboxylic acids is 1. The van der Waals surface area contributed by atoms with Gasteiger partial charge in [-0.15, -0.1) is 0 Å². The van der Waals surface area contributed by atoms with E-state index < -0.39 is 11.4 Å². The third kappa shape index (κ3) is 1.82. The number of carbonyl (C=O) groups excluding carboxylic acids is 1. The molecule has 2 aromatic rings. The summed E-state index contributed by atoms with van der Waals surface area (Å²) in [7, 11) is 1.93. The molecule has 0 aliphatic heterocycles. The zero-order valence-corrected chi connectivity index (χ0v) is 15.1. The Balaban J connectivity index is 0.00000132. The predicted octanol–water partition coefficient (Wildman–Crippen LogP) is -2.38. The number of carboxylic acid groups (broad SMARTS) is 1. The van der Waals surface area contributed by atoms with Crippen LogP contribution in [0.2, 0.25) is 0 Å². The first-order valence-electron chi connectivity index (χ1n) is 6.58. The first-order valence-corrected chi connectivity index (χ1v) is 6.58. The summed E-state index contributed by atoms with van der Waals surface area (Å²) < 4.78 is 1.99. The van der Waals surface area contributed by atoms with Crippen molar-refractivity contribution < 1.29 is 61.3 Å². The molecule has 3 saturated carbocycles. The number of aryl methyl sites for hydroxylation is 1. The maximum Gasteiger partial charge on any atom is 1.00 e. The molecule has 1 aromatic heterocycles. The van der Waals surface area contributed by atoms with Gasteiger partial charge in [0, 0.05) is 23.8 Å². The number of hydrogen-bond acceptors (Lipinski definition) is 4. The monoisotopic (exact) mass is 305 g/mol. The van der Waals surface area contributed by atoms with E-state index in [-0.39, 0.29) is 56.8 Å². The van der Waals surface area contributed by atoms with Crippen LogP contribution in [0.5, 0.6) is 0 Å². The van der Waals surface area contributed by atoms with Crippen LogP contribution in [0.15, 0.2) is 18.2 Å². The minimum atomic E-state index is -0.926. The summed E-state index contributed by atoms with van der Waals surface area (Å²) in [6.07, 6.45) is 1.89. The SMILES string of the molecule is Cn1c(C23CC(C(=O)[O-])(C2)C3)nc2ccc(C#N)cc21.[K+]. The van der Waals surface area contributed by atoms with E-state index in [2.05, 4.69) is 11.1 Å². The molecule has 5 nitrogen and oxygen atoms in total. The van der Waals surface area contributed by atoms with E-state index in [4.69, 9.17) is 5.26 Å². The third-order valence-electron chi connectivity index (χ3n) is 4.95. The number of carbonyl (C=O) groups is 1. The molecule has 0 saturated heterocycles. The molecule has 0 amide bonds. The van der Waals surface area contributed by atoms with Gasteiger partial charge < -0.3 is 14.5 Å². The van der Waals surface area contributed by atoms with E-state index in [0.29, 0.717) is 24.8 Å². The van der Waals surface area contributed by atoms with Crippen LogP contribution < -0.4 is 56.5 Å². The van der Waals surface area contributed by atoms with Crippen LogP contribution >= 0.6 is 0 Å². The summed E-state index contributed by atoms with van der Waals surface area (Å²) >= 11 is 0. The van der Waals surface area contributed by atoms with Gasteiger partial charge in [-0.3, -0.25) is 0 Å². The van der Waals surface area contributed by atoms with Crippen molar-refractivity contribution in [2.45, 2.75) is 24.7 Å². The van der Waals surface area contributed by atoms with Crippen molar-refractivity contribution in [1.82, 2.24) is 9.55 Å². The van der Waals surface area contributed by atoms with Gasteiger partial charge in [-0.05, 0) is 37.5 Å². The van der Waals surface area contributed by atoms with Crippen LogP contribution in [0.25, 0.3) is 11.0 Å². The fraction of sp³-hybridized carbons (Fsp3) is 0.400. The quantitative estimate of drug-likeness (QED) is 0.580. The van der Waals surface area contributed by atoms with Gasteiger partial charge in [-0.2, -0.15) is 5.26 Å². The molecule has 21 heavy (non-hydrogen) atoms. The molecular formula is C15H12KN3O2. The predicted molar refractivity (Wildman–Crippen MR) is 68.4 cm³/mol. The van der Waals surface area contributed by atoms with Crippen LogP contribution in [0.1, 0.15) is 30.7 Å². The average Bonchev–Trinajstić information content (AvgIpc) is 2.63. The van der Waals surface area contributed by atoms with E-state index in [1.165, 1.54) is 0 Å². The van der Waals surface area contributed by atoms with Gasteiger partial charge in [-0.25, -0.2) is 4.98 Å². The van der Waals surface area contributed by atoms with Crippen LogP contribution in [-0.2, 0) is 17.3 Å². The molecule has 0 spiro atoms. The maximum atomic E-state index is 11.1. The topological polar surface area (TPSA) is 81.7 Å². The Morgan fingerprint density at radius 1 is 1.43 bits per heavy atom. The van der Waals surface area contributed by atoms with Crippen molar-refractivity contribution in [1.29, 1.82) is 5.26 Å². The van der Waals surface area contributed by atoms with Gasteiger partial charge in [0.05, 0.1) is 22.7 Å². The Hall–Kier alpha value is -0.714. The Bertz CT molecular complexity index is 798. The molecule has 100 valence electrons. The second kappa shape index (κ2) is 4.64. The fourth-order valence-electron chi connectivity index (χ4n) is 3.98. The molecule has 1 aromatic carbocycles. The number of imidazole rings is 1. The van der Waals surface area contributed by atoms with E-state index in [0.717, 1.165) is 16.9 Å². The summed E-state index contributed by atoms with van der Waals surface area (Å²) in [4.78, 5) is 15.7.